The largest absolute Gasteiger partial charge is 0.369 e. The Balaban J connectivity index is 2.47. The van der Waals surface area contributed by atoms with E-state index in [4.69, 9.17) is 0 Å². The highest BCUT2D eigenvalue weighted by Crippen LogP contribution is 2.31. The van der Waals surface area contributed by atoms with Gasteiger partial charge in [-0.1, -0.05) is 6.92 Å². The van der Waals surface area contributed by atoms with Crippen LogP contribution in [0.15, 0.2) is 10.5 Å². The predicted molar refractivity (Wildman–Crippen MR) is 86.0 cm³/mol. The number of halogens is 1. The Labute approximate surface area is 126 Å². The van der Waals surface area contributed by atoms with Crippen molar-refractivity contribution in [1.82, 2.24) is 9.97 Å². The SMILES string of the molecule is CCCNc1nc(-c2cc(C)sc2C)nc(C)c1Br. The first-order chi connectivity index (χ1) is 9.02. The molecule has 0 aromatic carbocycles. The second-order valence-electron chi connectivity index (χ2n) is 4.55. The van der Waals surface area contributed by atoms with E-state index in [0.29, 0.717) is 0 Å². The lowest BCUT2D eigenvalue weighted by Crippen LogP contribution is -2.06. The fourth-order valence-electron chi connectivity index (χ4n) is 1.89. The van der Waals surface area contributed by atoms with Crippen molar-refractivity contribution in [3.63, 3.8) is 0 Å². The normalized spacial score (nSPS) is 10.8. The second-order valence-corrected chi connectivity index (χ2v) is 6.80. The number of aromatic nitrogens is 2. The van der Waals surface area contributed by atoms with Gasteiger partial charge in [-0.15, -0.1) is 11.3 Å². The van der Waals surface area contributed by atoms with Crippen molar-refractivity contribution in [2.45, 2.75) is 34.1 Å². The van der Waals surface area contributed by atoms with Gasteiger partial charge in [-0.3, -0.25) is 0 Å². The average molecular weight is 340 g/mol. The van der Waals surface area contributed by atoms with Crippen LogP contribution < -0.4 is 5.32 Å². The number of nitrogens with one attached hydrogen (secondary N) is 1. The van der Waals surface area contributed by atoms with Crippen LogP contribution in [0.4, 0.5) is 5.82 Å². The Morgan fingerprint density at radius 2 is 2.00 bits per heavy atom. The first-order valence-electron chi connectivity index (χ1n) is 6.38. The van der Waals surface area contributed by atoms with Crippen molar-refractivity contribution in [3.8, 4) is 11.4 Å². The highest BCUT2D eigenvalue weighted by Gasteiger charge is 2.13. The van der Waals surface area contributed by atoms with Gasteiger partial charge in [0.15, 0.2) is 5.82 Å². The molecule has 0 bridgehead atoms. The van der Waals surface area contributed by atoms with Crippen molar-refractivity contribution < 1.29 is 0 Å². The lowest BCUT2D eigenvalue weighted by molar-refractivity contribution is 0.958. The molecule has 0 amide bonds. The smallest absolute Gasteiger partial charge is 0.162 e. The molecule has 2 aromatic rings. The maximum Gasteiger partial charge on any atom is 0.162 e. The van der Waals surface area contributed by atoms with Crippen LogP contribution in [0.1, 0.15) is 28.8 Å². The van der Waals surface area contributed by atoms with Crippen LogP contribution in [0, 0.1) is 20.8 Å². The minimum absolute atomic E-state index is 0.807. The van der Waals surface area contributed by atoms with Crippen molar-refractivity contribution in [3.05, 3.63) is 26.0 Å². The summed E-state index contributed by atoms with van der Waals surface area (Å²) in [7, 11) is 0. The molecule has 2 heterocycles. The first kappa shape index (κ1) is 14.5. The molecule has 102 valence electrons. The third kappa shape index (κ3) is 3.15. The summed E-state index contributed by atoms with van der Waals surface area (Å²) in [4.78, 5) is 11.8. The van der Waals surface area contributed by atoms with E-state index in [1.807, 2.05) is 6.92 Å². The Morgan fingerprint density at radius 1 is 1.26 bits per heavy atom. The van der Waals surface area contributed by atoms with Gasteiger partial charge in [0.1, 0.15) is 5.82 Å². The monoisotopic (exact) mass is 339 g/mol. The van der Waals surface area contributed by atoms with E-state index in [1.54, 1.807) is 11.3 Å². The fraction of sp³-hybridized carbons (Fsp3) is 0.429. The van der Waals surface area contributed by atoms with E-state index in [1.165, 1.54) is 9.75 Å². The molecule has 0 saturated carbocycles. The summed E-state index contributed by atoms with van der Waals surface area (Å²) in [6.07, 6.45) is 1.07. The maximum absolute atomic E-state index is 4.65. The molecule has 0 radical (unpaired) electrons. The molecule has 0 saturated heterocycles. The number of aryl methyl sites for hydroxylation is 3. The van der Waals surface area contributed by atoms with E-state index < -0.39 is 0 Å². The fourth-order valence-corrected chi connectivity index (χ4v) is 3.13. The summed E-state index contributed by atoms with van der Waals surface area (Å²) in [5, 5.41) is 3.35. The summed E-state index contributed by atoms with van der Waals surface area (Å²) in [5.41, 5.74) is 2.10. The minimum Gasteiger partial charge on any atom is -0.369 e. The van der Waals surface area contributed by atoms with Crippen molar-refractivity contribution in [2.75, 3.05) is 11.9 Å². The van der Waals surface area contributed by atoms with Crippen LogP contribution in [0.3, 0.4) is 0 Å². The number of nitrogens with zero attached hydrogens (tertiary/aromatic N) is 2. The molecule has 5 heteroatoms. The summed E-state index contributed by atoms with van der Waals surface area (Å²) in [6, 6.07) is 2.16. The van der Waals surface area contributed by atoms with Crippen LogP contribution in [0.5, 0.6) is 0 Å². The molecule has 19 heavy (non-hydrogen) atoms. The maximum atomic E-state index is 4.65. The van der Waals surface area contributed by atoms with Crippen LogP contribution >= 0.6 is 27.3 Å². The van der Waals surface area contributed by atoms with Crippen molar-refractivity contribution >= 4 is 33.1 Å². The summed E-state index contributed by atoms with van der Waals surface area (Å²) in [5.74, 6) is 1.69. The summed E-state index contributed by atoms with van der Waals surface area (Å²) < 4.78 is 0.953. The van der Waals surface area contributed by atoms with E-state index in [0.717, 1.165) is 40.3 Å². The molecule has 0 spiro atoms. The predicted octanol–water partition coefficient (Wildman–Crippen LogP) is 4.71. The number of anilines is 1. The molecule has 2 rings (SSSR count). The molecular weight excluding hydrogens is 322 g/mol. The van der Waals surface area contributed by atoms with Gasteiger partial charge >= 0.3 is 0 Å². The van der Waals surface area contributed by atoms with Gasteiger partial charge in [-0.05, 0) is 49.2 Å². The summed E-state index contributed by atoms with van der Waals surface area (Å²) >= 11 is 5.34. The van der Waals surface area contributed by atoms with E-state index in [9.17, 15) is 0 Å². The number of thiophene rings is 1. The molecule has 2 aromatic heterocycles. The van der Waals surface area contributed by atoms with Crippen LogP contribution in [-0.4, -0.2) is 16.5 Å². The van der Waals surface area contributed by atoms with Gasteiger partial charge < -0.3 is 5.32 Å². The van der Waals surface area contributed by atoms with Gasteiger partial charge in [0.05, 0.1) is 10.2 Å². The Bertz CT molecular complexity index is 593. The minimum atomic E-state index is 0.807. The number of hydrogen-bond donors (Lipinski definition) is 1. The molecule has 0 unspecified atom stereocenters. The zero-order valence-electron chi connectivity index (χ0n) is 11.7. The third-order valence-electron chi connectivity index (χ3n) is 2.84. The topological polar surface area (TPSA) is 37.8 Å². The highest BCUT2D eigenvalue weighted by molar-refractivity contribution is 9.10. The quantitative estimate of drug-likeness (QED) is 0.875. The Kier molecular flexibility index (Phi) is 4.58. The zero-order chi connectivity index (χ0) is 14.0. The molecular formula is C14H18BrN3S. The van der Waals surface area contributed by atoms with Crippen molar-refractivity contribution in [1.29, 1.82) is 0 Å². The number of hydrogen-bond acceptors (Lipinski definition) is 4. The summed E-state index contributed by atoms with van der Waals surface area (Å²) in [6.45, 7) is 9.29. The zero-order valence-corrected chi connectivity index (χ0v) is 14.1. The third-order valence-corrected chi connectivity index (χ3v) is 4.76. The first-order valence-corrected chi connectivity index (χ1v) is 7.99. The standard InChI is InChI=1S/C14H18BrN3S/c1-5-6-16-14-12(15)9(3)17-13(18-14)11-7-8(2)19-10(11)4/h7H,5-6H2,1-4H3,(H,16,17,18). The van der Waals surface area contributed by atoms with E-state index >= 15 is 0 Å². The Hall–Kier alpha value is -0.940. The van der Waals surface area contributed by atoms with Gasteiger partial charge in [0, 0.05) is 21.9 Å². The van der Waals surface area contributed by atoms with Gasteiger partial charge in [-0.2, -0.15) is 0 Å². The lowest BCUT2D eigenvalue weighted by atomic mass is 10.2. The molecule has 3 nitrogen and oxygen atoms in total. The van der Waals surface area contributed by atoms with Gasteiger partial charge in [0.25, 0.3) is 0 Å². The van der Waals surface area contributed by atoms with Crippen LogP contribution in [0.25, 0.3) is 11.4 Å². The number of rotatable bonds is 4. The molecule has 0 aliphatic rings. The molecule has 0 atom stereocenters. The molecule has 0 fully saturated rings. The Morgan fingerprint density at radius 3 is 2.58 bits per heavy atom. The van der Waals surface area contributed by atoms with Gasteiger partial charge in [-0.25, -0.2) is 9.97 Å². The second kappa shape index (κ2) is 6.01. The van der Waals surface area contributed by atoms with E-state index in [2.05, 4.69) is 58.1 Å². The average Bonchev–Trinajstić information content (AvgIpc) is 2.70. The van der Waals surface area contributed by atoms with Crippen LogP contribution in [-0.2, 0) is 0 Å². The van der Waals surface area contributed by atoms with Crippen molar-refractivity contribution in [2.24, 2.45) is 0 Å². The highest BCUT2D eigenvalue weighted by atomic mass is 79.9. The molecule has 0 aliphatic carbocycles. The lowest BCUT2D eigenvalue weighted by Gasteiger charge is -2.10. The molecule has 1 N–H and O–H groups in total. The van der Waals surface area contributed by atoms with Gasteiger partial charge in [0.2, 0.25) is 0 Å². The van der Waals surface area contributed by atoms with E-state index in [-0.39, 0.29) is 0 Å². The van der Waals surface area contributed by atoms with Crippen LogP contribution in [0.2, 0.25) is 0 Å². The molecule has 0 aliphatic heterocycles.